The van der Waals surface area contributed by atoms with E-state index in [9.17, 15) is 0 Å². The van der Waals surface area contributed by atoms with Gasteiger partial charge in [-0.2, -0.15) is 0 Å². The molecule has 2 heteroatoms. The minimum Gasteiger partial charge on any atom is -0.488 e. The maximum Gasteiger partial charge on any atom is 0.316 e. The normalized spacial score (nSPS) is 10.2. The van der Waals surface area contributed by atoms with Crippen LogP contribution in [-0.4, -0.2) is 28.7 Å². The summed E-state index contributed by atoms with van der Waals surface area (Å²) in [6.07, 6.45) is 0. The second-order valence-corrected chi connectivity index (χ2v) is 3.45. The van der Waals surface area contributed by atoms with E-state index in [1.807, 2.05) is 45.0 Å². The van der Waals surface area contributed by atoms with Gasteiger partial charge in [0.2, 0.25) is 0 Å². The predicted molar refractivity (Wildman–Crippen MR) is 54.2 cm³/mol. The molecule has 1 radical (unpaired) electrons. The van der Waals surface area contributed by atoms with Crippen LogP contribution in [0.25, 0.3) is 0 Å². The van der Waals surface area contributed by atoms with Gasteiger partial charge in [0.05, 0.1) is 0 Å². The van der Waals surface area contributed by atoms with Crippen LogP contribution in [0.4, 0.5) is 0 Å². The first-order valence-electron chi connectivity index (χ1n) is 3.73. The van der Waals surface area contributed by atoms with E-state index < -0.39 is 0 Å². The summed E-state index contributed by atoms with van der Waals surface area (Å²) < 4.78 is 5.58. The van der Waals surface area contributed by atoms with E-state index in [0.717, 1.165) is 5.75 Å². The van der Waals surface area contributed by atoms with Crippen molar-refractivity contribution >= 4 is 23.1 Å². The molecule has 0 aromatic heterocycles. The minimum atomic E-state index is -0.110. The van der Waals surface area contributed by atoms with Gasteiger partial charge in [0.15, 0.2) is 0 Å². The SMILES string of the molecule is CC(C)(C)Oc1cc[c]cc1.[MgH2]. The Morgan fingerprint density at radius 3 is 2.08 bits per heavy atom. The molecule has 0 saturated heterocycles. The maximum atomic E-state index is 5.58. The Hall–Kier alpha value is -0.214. The highest BCUT2D eigenvalue weighted by atomic mass is 24.3. The first kappa shape index (κ1) is 11.8. The molecular weight excluding hydrogens is 160 g/mol. The second kappa shape index (κ2) is 4.72. The molecule has 0 fully saturated rings. The average Bonchev–Trinajstić information content (AvgIpc) is 1.85. The molecule has 0 aliphatic carbocycles. The van der Waals surface area contributed by atoms with Gasteiger partial charge in [0.25, 0.3) is 0 Å². The van der Waals surface area contributed by atoms with Crippen molar-refractivity contribution in [3.05, 3.63) is 30.3 Å². The monoisotopic (exact) mass is 175 g/mol. The summed E-state index contributed by atoms with van der Waals surface area (Å²) in [4.78, 5) is 0. The van der Waals surface area contributed by atoms with Crippen LogP contribution >= 0.6 is 0 Å². The fourth-order valence-electron chi connectivity index (χ4n) is 0.793. The highest BCUT2D eigenvalue weighted by Crippen LogP contribution is 2.15. The van der Waals surface area contributed by atoms with E-state index in [-0.39, 0.29) is 28.7 Å². The van der Waals surface area contributed by atoms with E-state index in [1.54, 1.807) is 0 Å². The van der Waals surface area contributed by atoms with E-state index in [4.69, 9.17) is 4.74 Å². The van der Waals surface area contributed by atoms with Crippen molar-refractivity contribution in [3.8, 4) is 5.75 Å². The third kappa shape index (κ3) is 4.62. The Morgan fingerprint density at radius 2 is 1.67 bits per heavy atom. The molecular formula is C10H15MgO. The number of benzene rings is 1. The standard InChI is InChI=1S/C10H13O.Mg.2H/c1-10(2,3)11-9-7-5-4-6-8-9;;;/h5-8H,1-3H3;;;. The van der Waals surface area contributed by atoms with Crippen molar-refractivity contribution in [3.63, 3.8) is 0 Å². The lowest BCUT2D eigenvalue weighted by Gasteiger charge is -2.20. The molecule has 63 valence electrons. The molecule has 0 spiro atoms. The lowest BCUT2D eigenvalue weighted by atomic mass is 10.2. The molecule has 0 heterocycles. The van der Waals surface area contributed by atoms with Crippen molar-refractivity contribution < 1.29 is 4.74 Å². The van der Waals surface area contributed by atoms with Crippen molar-refractivity contribution in [1.29, 1.82) is 0 Å². The van der Waals surface area contributed by atoms with E-state index in [1.165, 1.54) is 0 Å². The van der Waals surface area contributed by atoms with Crippen molar-refractivity contribution in [2.45, 2.75) is 26.4 Å². The van der Waals surface area contributed by atoms with Crippen LogP contribution < -0.4 is 4.74 Å². The zero-order chi connectivity index (χ0) is 8.32. The van der Waals surface area contributed by atoms with Crippen LogP contribution in [0.1, 0.15) is 20.8 Å². The van der Waals surface area contributed by atoms with Crippen LogP contribution in [0, 0.1) is 6.07 Å². The van der Waals surface area contributed by atoms with Gasteiger partial charge in [-0.3, -0.25) is 0 Å². The van der Waals surface area contributed by atoms with Crippen LogP contribution in [0.5, 0.6) is 5.75 Å². The van der Waals surface area contributed by atoms with E-state index in [2.05, 4.69) is 6.07 Å². The largest absolute Gasteiger partial charge is 0.488 e. The topological polar surface area (TPSA) is 9.23 Å². The van der Waals surface area contributed by atoms with Gasteiger partial charge in [0.1, 0.15) is 11.4 Å². The Kier molecular flexibility index (Phi) is 4.64. The van der Waals surface area contributed by atoms with Gasteiger partial charge < -0.3 is 4.74 Å². The third-order valence-corrected chi connectivity index (χ3v) is 1.11. The smallest absolute Gasteiger partial charge is 0.316 e. The van der Waals surface area contributed by atoms with Crippen molar-refractivity contribution in [2.24, 2.45) is 0 Å². The fourth-order valence-corrected chi connectivity index (χ4v) is 0.793. The van der Waals surface area contributed by atoms with E-state index >= 15 is 0 Å². The van der Waals surface area contributed by atoms with E-state index in [0.29, 0.717) is 0 Å². The highest BCUT2D eigenvalue weighted by molar-refractivity contribution is 5.75. The summed E-state index contributed by atoms with van der Waals surface area (Å²) >= 11 is 0. The Bertz CT molecular complexity index is 213. The summed E-state index contributed by atoms with van der Waals surface area (Å²) in [5, 5.41) is 0. The summed E-state index contributed by atoms with van der Waals surface area (Å²) in [6.45, 7) is 6.09. The molecule has 0 saturated carbocycles. The molecule has 0 unspecified atom stereocenters. The molecule has 0 N–H and O–H groups in total. The van der Waals surface area contributed by atoms with Gasteiger partial charge >= 0.3 is 23.1 Å². The quantitative estimate of drug-likeness (QED) is 0.591. The molecule has 0 amide bonds. The second-order valence-electron chi connectivity index (χ2n) is 3.45. The first-order chi connectivity index (χ1) is 5.08. The zero-order valence-electron chi connectivity index (χ0n) is 7.22. The number of ether oxygens (including phenoxy) is 1. The Balaban J connectivity index is 0.00000121. The van der Waals surface area contributed by atoms with Crippen LogP contribution in [0.2, 0.25) is 0 Å². The molecule has 1 nitrogen and oxygen atoms in total. The molecule has 0 aliphatic rings. The molecule has 1 rings (SSSR count). The lowest BCUT2D eigenvalue weighted by Crippen LogP contribution is -2.22. The minimum absolute atomic E-state index is 0. The Labute approximate surface area is 90.3 Å². The fraction of sp³-hybridized carbons (Fsp3) is 0.400. The van der Waals surface area contributed by atoms with Crippen LogP contribution in [-0.2, 0) is 0 Å². The van der Waals surface area contributed by atoms with Crippen molar-refractivity contribution in [1.82, 2.24) is 0 Å². The number of hydrogen-bond donors (Lipinski definition) is 0. The van der Waals surface area contributed by atoms with Gasteiger partial charge in [-0.05, 0) is 39.0 Å². The summed E-state index contributed by atoms with van der Waals surface area (Å²) in [5.41, 5.74) is -0.110. The van der Waals surface area contributed by atoms with Gasteiger partial charge in [-0.25, -0.2) is 0 Å². The van der Waals surface area contributed by atoms with Gasteiger partial charge in [0, 0.05) is 0 Å². The zero-order valence-corrected chi connectivity index (χ0v) is 7.22. The van der Waals surface area contributed by atoms with Crippen LogP contribution in [0.3, 0.4) is 0 Å². The Morgan fingerprint density at radius 1 is 1.17 bits per heavy atom. The number of hydrogen-bond acceptors (Lipinski definition) is 1. The summed E-state index contributed by atoms with van der Waals surface area (Å²) in [7, 11) is 0. The summed E-state index contributed by atoms with van der Waals surface area (Å²) in [6, 6.07) is 10.5. The highest BCUT2D eigenvalue weighted by Gasteiger charge is 2.10. The maximum absolute atomic E-state index is 5.58. The molecule has 1 aromatic carbocycles. The molecule has 1 aromatic rings. The lowest BCUT2D eigenvalue weighted by molar-refractivity contribution is 0.131. The third-order valence-electron chi connectivity index (χ3n) is 1.11. The molecule has 12 heavy (non-hydrogen) atoms. The number of rotatable bonds is 1. The molecule has 0 bridgehead atoms. The van der Waals surface area contributed by atoms with Gasteiger partial charge in [-0.15, -0.1) is 0 Å². The average molecular weight is 176 g/mol. The molecule has 0 aliphatic heterocycles. The van der Waals surface area contributed by atoms with Gasteiger partial charge in [-0.1, -0.05) is 12.1 Å². The first-order valence-corrected chi connectivity index (χ1v) is 3.73. The van der Waals surface area contributed by atoms with Crippen molar-refractivity contribution in [2.75, 3.05) is 0 Å². The molecule has 0 atom stereocenters. The predicted octanol–water partition coefficient (Wildman–Crippen LogP) is 1.75. The van der Waals surface area contributed by atoms with Crippen LogP contribution in [0.15, 0.2) is 24.3 Å². The summed E-state index contributed by atoms with van der Waals surface area (Å²) in [5.74, 6) is 0.899.